The molecule has 0 aromatic carbocycles. The fourth-order valence-electron chi connectivity index (χ4n) is 5.68. The summed E-state index contributed by atoms with van der Waals surface area (Å²) in [7, 11) is 0. The fourth-order valence-corrected chi connectivity index (χ4v) is 5.84. The zero-order chi connectivity index (χ0) is 19.7. The van der Waals surface area contributed by atoms with E-state index in [9.17, 15) is 13.2 Å². The normalized spacial score (nSPS) is 52.3. The van der Waals surface area contributed by atoms with E-state index in [2.05, 4.69) is 22.9 Å². The van der Waals surface area contributed by atoms with E-state index in [4.69, 9.17) is 24.0 Å². The highest BCUT2D eigenvalue weighted by atomic mass is 79.9. The molecule has 4 saturated heterocycles. The minimum absolute atomic E-state index is 0.00966. The van der Waals surface area contributed by atoms with Crippen LogP contribution in [0.2, 0.25) is 0 Å². The van der Waals surface area contributed by atoms with Crippen molar-refractivity contribution in [1.29, 1.82) is 0 Å². The second-order valence-corrected chi connectivity index (χ2v) is 9.31. The Hall–Kier alpha value is 0.0700. The van der Waals surface area contributed by atoms with Gasteiger partial charge in [0.05, 0.1) is 6.61 Å². The molecule has 1 spiro atoms. The summed E-state index contributed by atoms with van der Waals surface area (Å²) in [5, 5.41) is 0.277. The third-order valence-corrected chi connectivity index (χ3v) is 7.37. The van der Waals surface area contributed by atoms with Crippen LogP contribution in [0.15, 0.2) is 0 Å². The first-order valence-electron chi connectivity index (χ1n) is 9.59. The van der Waals surface area contributed by atoms with Crippen molar-refractivity contribution in [1.82, 2.24) is 0 Å². The molecule has 1 aliphatic carbocycles. The van der Waals surface area contributed by atoms with Crippen LogP contribution < -0.4 is 0 Å². The number of hydrogen-bond acceptors (Lipinski definition) is 5. The third kappa shape index (κ3) is 2.75. The van der Waals surface area contributed by atoms with Crippen LogP contribution in [0.25, 0.3) is 0 Å². The van der Waals surface area contributed by atoms with Gasteiger partial charge in [0, 0.05) is 23.6 Å². The van der Waals surface area contributed by atoms with Crippen molar-refractivity contribution in [3.05, 3.63) is 0 Å². The fraction of sp³-hybridized carbons (Fsp3) is 1.00. The number of rotatable bonds is 3. The van der Waals surface area contributed by atoms with E-state index in [-0.39, 0.29) is 23.8 Å². The van der Waals surface area contributed by atoms with Crippen LogP contribution in [0.4, 0.5) is 13.2 Å². The molecule has 4 heterocycles. The number of hydrogen-bond donors (Lipinski definition) is 0. The van der Waals surface area contributed by atoms with Gasteiger partial charge in [0.25, 0.3) is 5.79 Å². The maximum absolute atomic E-state index is 14.3. The molecule has 0 radical (unpaired) electrons. The van der Waals surface area contributed by atoms with Gasteiger partial charge >= 0.3 is 6.18 Å². The minimum atomic E-state index is -4.70. The Balaban J connectivity index is 1.82. The van der Waals surface area contributed by atoms with Gasteiger partial charge in [-0.2, -0.15) is 13.2 Å². The second kappa shape index (κ2) is 6.54. The van der Waals surface area contributed by atoms with Crippen molar-refractivity contribution in [3.8, 4) is 0 Å². The number of ether oxygens (including phenoxy) is 3. The Morgan fingerprint density at radius 3 is 2.48 bits per heavy atom. The first-order valence-corrected chi connectivity index (χ1v) is 10.7. The Morgan fingerprint density at radius 2 is 1.81 bits per heavy atom. The van der Waals surface area contributed by atoms with Crippen LogP contribution in [-0.2, 0) is 24.0 Å². The summed E-state index contributed by atoms with van der Waals surface area (Å²) in [5.74, 6) is -4.96. The summed E-state index contributed by atoms with van der Waals surface area (Å²) in [6.45, 7) is 5.23. The molecule has 8 atom stereocenters. The van der Waals surface area contributed by atoms with Gasteiger partial charge in [-0.15, -0.1) is 0 Å². The van der Waals surface area contributed by atoms with Gasteiger partial charge in [-0.05, 0) is 38.0 Å². The predicted molar refractivity (Wildman–Crippen MR) is 91.6 cm³/mol. The standard InChI is InChI=1S/C18H26BrF3O5/c1-10-4-5-13-11(2)17(18(20,21)22,23-9-8-19)25-14-16(13)12(10)6-7-15(3,24-14)26-27-16/h10-14H,4-9H2,1-3H3/t10-,11-,12?,13+,14+,15+,16-,17-/m1/s1. The zero-order valence-corrected chi connectivity index (χ0v) is 17.3. The topological polar surface area (TPSA) is 46.2 Å². The van der Waals surface area contributed by atoms with Crippen LogP contribution in [0.5, 0.6) is 0 Å². The lowest BCUT2D eigenvalue weighted by Crippen LogP contribution is -2.76. The van der Waals surface area contributed by atoms with Gasteiger partial charge in [-0.3, -0.25) is 0 Å². The summed E-state index contributed by atoms with van der Waals surface area (Å²) in [6.07, 6.45) is -3.16. The molecule has 5 aliphatic rings. The van der Waals surface area contributed by atoms with E-state index in [1.165, 1.54) is 0 Å². The van der Waals surface area contributed by atoms with Crippen LogP contribution in [0, 0.1) is 23.7 Å². The molecule has 5 nitrogen and oxygen atoms in total. The Kier molecular flexibility index (Phi) is 4.93. The number of alkyl halides is 4. The summed E-state index contributed by atoms with van der Waals surface area (Å²) in [4.78, 5) is 11.5. The molecule has 9 heteroatoms. The molecule has 1 unspecified atom stereocenters. The molecular formula is C18H26BrF3O5. The highest BCUT2D eigenvalue weighted by Gasteiger charge is 2.77. The van der Waals surface area contributed by atoms with Crippen molar-refractivity contribution in [2.75, 3.05) is 11.9 Å². The highest BCUT2D eigenvalue weighted by molar-refractivity contribution is 9.09. The average molecular weight is 459 g/mol. The quantitative estimate of drug-likeness (QED) is 0.458. The molecule has 0 aromatic heterocycles. The van der Waals surface area contributed by atoms with Crippen molar-refractivity contribution < 1.29 is 37.2 Å². The van der Waals surface area contributed by atoms with Crippen molar-refractivity contribution in [2.45, 2.75) is 76.1 Å². The lowest BCUT2D eigenvalue weighted by molar-refractivity contribution is -0.598. The largest absolute Gasteiger partial charge is 0.443 e. The summed E-state index contributed by atoms with van der Waals surface area (Å²) >= 11 is 3.15. The monoisotopic (exact) mass is 458 g/mol. The van der Waals surface area contributed by atoms with Crippen LogP contribution in [0.3, 0.4) is 0 Å². The van der Waals surface area contributed by atoms with Crippen molar-refractivity contribution >= 4 is 15.9 Å². The van der Waals surface area contributed by atoms with Crippen LogP contribution in [-0.4, -0.2) is 41.6 Å². The van der Waals surface area contributed by atoms with Gasteiger partial charge < -0.3 is 14.2 Å². The van der Waals surface area contributed by atoms with E-state index in [0.717, 1.165) is 12.8 Å². The smallest absolute Gasteiger partial charge is 0.341 e. The Morgan fingerprint density at radius 1 is 1.07 bits per heavy atom. The lowest BCUT2D eigenvalue weighted by atomic mass is 9.57. The second-order valence-electron chi connectivity index (χ2n) is 8.52. The zero-order valence-electron chi connectivity index (χ0n) is 15.7. The molecule has 0 aromatic rings. The molecule has 5 rings (SSSR count). The number of halogens is 4. The molecule has 0 amide bonds. The van der Waals surface area contributed by atoms with Crippen LogP contribution in [0.1, 0.15) is 46.5 Å². The van der Waals surface area contributed by atoms with Crippen LogP contribution >= 0.6 is 15.9 Å². The summed E-state index contributed by atoms with van der Waals surface area (Å²) in [6, 6.07) is 0. The third-order valence-electron chi connectivity index (χ3n) is 7.05. The summed E-state index contributed by atoms with van der Waals surface area (Å²) < 4.78 is 59.9. The maximum Gasteiger partial charge on any atom is 0.443 e. The molecule has 4 aliphatic heterocycles. The first-order chi connectivity index (χ1) is 12.6. The molecule has 1 saturated carbocycles. The highest BCUT2D eigenvalue weighted by Crippen LogP contribution is 2.64. The van der Waals surface area contributed by atoms with Crippen molar-refractivity contribution in [2.24, 2.45) is 23.7 Å². The van der Waals surface area contributed by atoms with Gasteiger partial charge in [-0.1, -0.05) is 29.8 Å². The maximum atomic E-state index is 14.3. The molecule has 5 fully saturated rings. The van der Waals surface area contributed by atoms with E-state index in [1.807, 2.05) is 0 Å². The van der Waals surface area contributed by atoms with Gasteiger partial charge in [0.15, 0.2) is 11.9 Å². The summed E-state index contributed by atoms with van der Waals surface area (Å²) in [5.41, 5.74) is -1.04. The van der Waals surface area contributed by atoms with E-state index < -0.39 is 41.5 Å². The van der Waals surface area contributed by atoms with E-state index in [0.29, 0.717) is 12.8 Å². The molecular weight excluding hydrogens is 433 g/mol. The molecule has 156 valence electrons. The SMILES string of the molecule is C[C@@H]1CC[C@H]2[C@@H](C)[C@](OCCBr)(C(F)(F)F)O[C@@H]3O[C@]4(C)CCC1[C@]32OO4. The molecule has 2 bridgehead atoms. The average Bonchev–Trinajstić information content (AvgIpc) is 2.82. The molecule has 27 heavy (non-hydrogen) atoms. The predicted octanol–water partition coefficient (Wildman–Crippen LogP) is 4.54. The lowest BCUT2D eigenvalue weighted by Gasteiger charge is -2.62. The van der Waals surface area contributed by atoms with Gasteiger partial charge in [0.1, 0.15) is 0 Å². The first kappa shape index (κ1) is 20.3. The Labute approximate surface area is 165 Å². The number of fused-ring (bicyclic) bond motifs is 2. The van der Waals surface area contributed by atoms with E-state index in [1.54, 1.807) is 13.8 Å². The van der Waals surface area contributed by atoms with Gasteiger partial charge in [-0.25, -0.2) is 9.78 Å². The van der Waals surface area contributed by atoms with E-state index >= 15 is 0 Å². The Bertz CT molecular complexity index is 592. The van der Waals surface area contributed by atoms with Crippen molar-refractivity contribution in [3.63, 3.8) is 0 Å². The molecule has 0 N–H and O–H groups in total. The minimum Gasteiger partial charge on any atom is -0.341 e. The van der Waals surface area contributed by atoms with Gasteiger partial charge in [0.2, 0.25) is 5.79 Å².